The monoisotopic (exact) mass is 247 g/mol. The lowest BCUT2D eigenvalue weighted by atomic mass is 10.2. The second-order valence-electron chi connectivity index (χ2n) is 4.77. The predicted octanol–water partition coefficient (Wildman–Crippen LogP) is 0.139. The molecule has 0 radical (unpaired) electrons. The van der Waals surface area contributed by atoms with E-state index in [9.17, 15) is 8.42 Å². The Hall–Kier alpha value is -0.170. The second kappa shape index (κ2) is 4.60. The smallest absolute Gasteiger partial charge is 0.282 e. The van der Waals surface area contributed by atoms with Gasteiger partial charge in [0.05, 0.1) is 0 Å². The molecule has 2 heterocycles. The lowest BCUT2D eigenvalue weighted by molar-refractivity contribution is 0.297. The van der Waals surface area contributed by atoms with E-state index in [1.807, 2.05) is 6.92 Å². The van der Waals surface area contributed by atoms with Crippen molar-refractivity contribution in [3.05, 3.63) is 0 Å². The third kappa shape index (κ3) is 2.11. The predicted molar refractivity (Wildman–Crippen MR) is 63.1 cm³/mol. The summed E-state index contributed by atoms with van der Waals surface area (Å²) in [5.41, 5.74) is 5.87. The first-order valence-corrected chi connectivity index (χ1v) is 7.45. The first-order chi connectivity index (χ1) is 7.53. The molecule has 2 unspecified atom stereocenters. The topological polar surface area (TPSA) is 66.6 Å². The molecule has 2 saturated heterocycles. The molecule has 2 atom stereocenters. The van der Waals surface area contributed by atoms with Crippen LogP contribution in [-0.4, -0.2) is 48.7 Å². The highest BCUT2D eigenvalue weighted by molar-refractivity contribution is 7.86. The lowest BCUT2D eigenvalue weighted by Crippen LogP contribution is -2.49. The van der Waals surface area contributed by atoms with Gasteiger partial charge in [-0.15, -0.1) is 0 Å². The van der Waals surface area contributed by atoms with Crippen molar-refractivity contribution in [2.75, 3.05) is 19.6 Å². The maximum atomic E-state index is 12.3. The van der Waals surface area contributed by atoms with E-state index in [0.717, 1.165) is 25.7 Å². The van der Waals surface area contributed by atoms with Crippen LogP contribution < -0.4 is 5.73 Å². The minimum Gasteiger partial charge on any atom is -0.326 e. The number of hydrogen-bond donors (Lipinski definition) is 1. The number of nitrogens with two attached hydrogens (primary N) is 1. The molecule has 0 amide bonds. The first kappa shape index (κ1) is 12.3. The average Bonchev–Trinajstić information content (AvgIpc) is 2.61. The van der Waals surface area contributed by atoms with E-state index in [2.05, 4.69) is 0 Å². The van der Waals surface area contributed by atoms with Gasteiger partial charge < -0.3 is 5.73 Å². The Balaban J connectivity index is 2.12. The Labute approximate surface area is 97.8 Å². The third-order valence-electron chi connectivity index (χ3n) is 3.69. The van der Waals surface area contributed by atoms with E-state index in [-0.39, 0.29) is 12.1 Å². The zero-order chi connectivity index (χ0) is 11.8. The summed E-state index contributed by atoms with van der Waals surface area (Å²) in [7, 11) is -3.26. The van der Waals surface area contributed by atoms with Gasteiger partial charge in [0.2, 0.25) is 0 Å². The van der Waals surface area contributed by atoms with Crippen LogP contribution in [0.5, 0.6) is 0 Å². The van der Waals surface area contributed by atoms with Crippen LogP contribution in [0.15, 0.2) is 0 Å². The van der Waals surface area contributed by atoms with E-state index < -0.39 is 10.2 Å². The third-order valence-corrected chi connectivity index (χ3v) is 5.82. The molecule has 0 aliphatic carbocycles. The fourth-order valence-corrected chi connectivity index (χ4v) is 4.43. The van der Waals surface area contributed by atoms with Crippen molar-refractivity contribution in [2.45, 2.75) is 44.7 Å². The van der Waals surface area contributed by atoms with Crippen molar-refractivity contribution in [3.8, 4) is 0 Å². The molecule has 2 N–H and O–H groups in total. The summed E-state index contributed by atoms with van der Waals surface area (Å²) in [5, 5.41) is 0. The van der Waals surface area contributed by atoms with Gasteiger partial charge in [-0.3, -0.25) is 0 Å². The van der Waals surface area contributed by atoms with Crippen LogP contribution in [0, 0.1) is 0 Å². The summed E-state index contributed by atoms with van der Waals surface area (Å²) in [6.07, 6.45) is 3.87. The molecule has 94 valence electrons. The van der Waals surface area contributed by atoms with Gasteiger partial charge >= 0.3 is 0 Å². The van der Waals surface area contributed by atoms with Gasteiger partial charge in [0.25, 0.3) is 10.2 Å². The maximum absolute atomic E-state index is 12.3. The van der Waals surface area contributed by atoms with Crippen LogP contribution in [0.4, 0.5) is 0 Å². The Bertz CT molecular complexity index is 338. The van der Waals surface area contributed by atoms with Crippen LogP contribution in [0.3, 0.4) is 0 Å². The Morgan fingerprint density at radius 3 is 2.25 bits per heavy atom. The minimum absolute atomic E-state index is 0.0143. The molecule has 0 spiro atoms. The van der Waals surface area contributed by atoms with Crippen LogP contribution in [-0.2, 0) is 10.2 Å². The van der Waals surface area contributed by atoms with Gasteiger partial charge in [0.15, 0.2) is 0 Å². The van der Waals surface area contributed by atoms with Gasteiger partial charge in [-0.2, -0.15) is 17.0 Å². The van der Waals surface area contributed by atoms with Gasteiger partial charge in [-0.25, -0.2) is 0 Å². The summed E-state index contributed by atoms with van der Waals surface area (Å²) in [4.78, 5) is 0. The fraction of sp³-hybridized carbons (Fsp3) is 1.00. The summed E-state index contributed by atoms with van der Waals surface area (Å²) >= 11 is 0. The van der Waals surface area contributed by atoms with Crippen LogP contribution in [0.25, 0.3) is 0 Å². The van der Waals surface area contributed by atoms with E-state index >= 15 is 0 Å². The summed E-state index contributed by atoms with van der Waals surface area (Å²) in [6.45, 7) is 3.81. The van der Waals surface area contributed by atoms with Gasteiger partial charge in [0.1, 0.15) is 0 Å². The molecule has 0 aromatic heterocycles. The first-order valence-electron chi connectivity index (χ1n) is 6.06. The highest BCUT2D eigenvalue weighted by Gasteiger charge is 2.39. The van der Waals surface area contributed by atoms with Crippen molar-refractivity contribution in [1.29, 1.82) is 0 Å². The Morgan fingerprint density at radius 2 is 1.75 bits per heavy atom. The Morgan fingerprint density at radius 1 is 1.12 bits per heavy atom. The van der Waals surface area contributed by atoms with Gasteiger partial charge in [0, 0.05) is 31.7 Å². The van der Waals surface area contributed by atoms with Crippen molar-refractivity contribution < 1.29 is 8.42 Å². The fourth-order valence-electron chi connectivity index (χ4n) is 2.50. The maximum Gasteiger partial charge on any atom is 0.282 e. The highest BCUT2D eigenvalue weighted by Crippen LogP contribution is 2.24. The molecule has 0 aromatic rings. The van der Waals surface area contributed by atoms with E-state index in [1.54, 1.807) is 8.61 Å². The molecule has 2 fully saturated rings. The molecular weight excluding hydrogens is 226 g/mol. The summed E-state index contributed by atoms with van der Waals surface area (Å²) in [6, 6.07) is -0.0773. The molecule has 2 aliphatic heterocycles. The Kier molecular flexibility index (Phi) is 3.53. The van der Waals surface area contributed by atoms with Crippen molar-refractivity contribution >= 4 is 10.2 Å². The zero-order valence-corrected chi connectivity index (χ0v) is 10.6. The number of hydrogen-bond acceptors (Lipinski definition) is 3. The lowest BCUT2D eigenvalue weighted by Gasteiger charge is -2.32. The van der Waals surface area contributed by atoms with Crippen molar-refractivity contribution in [2.24, 2.45) is 5.73 Å². The van der Waals surface area contributed by atoms with Gasteiger partial charge in [-0.05, 0) is 26.2 Å². The molecule has 2 aliphatic rings. The number of nitrogens with zero attached hydrogens (tertiary/aromatic N) is 2. The molecule has 5 nitrogen and oxygen atoms in total. The second-order valence-corrected chi connectivity index (χ2v) is 6.65. The van der Waals surface area contributed by atoms with E-state index in [0.29, 0.717) is 19.6 Å². The van der Waals surface area contributed by atoms with Crippen molar-refractivity contribution in [3.63, 3.8) is 0 Å². The van der Waals surface area contributed by atoms with Crippen LogP contribution in [0.2, 0.25) is 0 Å². The molecular formula is C10H21N3O2S. The standard InChI is InChI=1S/C10H21N3O2S/c1-9-10(11)5-8-13(9)16(14,15)12-6-3-2-4-7-12/h9-10H,2-8,11H2,1H3. The molecule has 6 heteroatoms. The molecule has 2 rings (SSSR count). The number of rotatable bonds is 2. The zero-order valence-electron chi connectivity index (χ0n) is 9.80. The van der Waals surface area contributed by atoms with Crippen LogP contribution >= 0.6 is 0 Å². The van der Waals surface area contributed by atoms with E-state index in [4.69, 9.17) is 5.73 Å². The summed E-state index contributed by atoms with van der Waals surface area (Å²) < 4.78 is 27.9. The highest BCUT2D eigenvalue weighted by atomic mass is 32.2. The molecule has 0 saturated carbocycles. The number of piperidine rings is 1. The van der Waals surface area contributed by atoms with Gasteiger partial charge in [-0.1, -0.05) is 6.42 Å². The SMILES string of the molecule is CC1C(N)CCN1S(=O)(=O)N1CCCCC1. The van der Waals surface area contributed by atoms with E-state index in [1.165, 1.54) is 0 Å². The normalized spacial score (nSPS) is 34.4. The molecule has 16 heavy (non-hydrogen) atoms. The molecule has 0 aromatic carbocycles. The average molecular weight is 247 g/mol. The largest absolute Gasteiger partial charge is 0.326 e. The van der Waals surface area contributed by atoms with Crippen molar-refractivity contribution in [1.82, 2.24) is 8.61 Å². The minimum atomic E-state index is -3.26. The van der Waals surface area contributed by atoms with Crippen LogP contribution in [0.1, 0.15) is 32.6 Å². The summed E-state index contributed by atoms with van der Waals surface area (Å²) in [5.74, 6) is 0. The quantitative estimate of drug-likeness (QED) is 0.754. The molecule has 0 bridgehead atoms.